The number of halogens is 1. The maximum atomic E-state index is 13.5. The van der Waals surface area contributed by atoms with Crippen molar-refractivity contribution in [3.05, 3.63) is 23.0 Å². The summed E-state index contributed by atoms with van der Waals surface area (Å²) in [6.45, 7) is 4.05. The van der Waals surface area contributed by atoms with Gasteiger partial charge in [-0.1, -0.05) is 19.4 Å². The van der Waals surface area contributed by atoms with Gasteiger partial charge in [-0.25, -0.2) is 4.39 Å². The van der Waals surface area contributed by atoms with Crippen LogP contribution < -0.4 is 0 Å². The van der Waals surface area contributed by atoms with Gasteiger partial charge in [-0.2, -0.15) is 0 Å². The summed E-state index contributed by atoms with van der Waals surface area (Å²) in [5.74, 6) is 1.34. The van der Waals surface area contributed by atoms with E-state index < -0.39 is 0 Å². The molecule has 2 unspecified atom stereocenters. The third-order valence-corrected chi connectivity index (χ3v) is 2.96. The molecule has 0 amide bonds. The van der Waals surface area contributed by atoms with Gasteiger partial charge in [-0.3, -0.25) is 0 Å². The number of hydrogen-bond donors (Lipinski definition) is 0. The Morgan fingerprint density at radius 2 is 2.33 bits per heavy atom. The Kier molecular flexibility index (Phi) is 1.82. The lowest BCUT2D eigenvalue weighted by Gasteiger charge is -2.12. The molecule has 0 radical (unpaired) electrons. The molecule has 0 aromatic rings. The zero-order valence-corrected chi connectivity index (χ0v) is 7.73. The summed E-state index contributed by atoms with van der Waals surface area (Å²) in [5.41, 5.74) is 1.97. The second-order valence-electron chi connectivity index (χ2n) is 3.94. The predicted octanol–water partition coefficient (Wildman–Crippen LogP) is 3.61. The molecular formula is C11H15F. The van der Waals surface area contributed by atoms with Crippen LogP contribution in [0.2, 0.25) is 0 Å². The quantitative estimate of drug-likeness (QED) is 0.588. The molecule has 2 rings (SSSR count). The Morgan fingerprint density at radius 3 is 3.00 bits per heavy atom. The maximum Gasteiger partial charge on any atom is 0.125 e. The molecular weight excluding hydrogens is 151 g/mol. The molecule has 0 saturated heterocycles. The molecule has 0 bridgehead atoms. The fraction of sp³-hybridized carbons (Fsp3) is 0.636. The lowest BCUT2D eigenvalue weighted by molar-refractivity contribution is 0.599. The highest BCUT2D eigenvalue weighted by Crippen LogP contribution is 2.51. The highest BCUT2D eigenvalue weighted by molar-refractivity contribution is 5.40. The van der Waals surface area contributed by atoms with Gasteiger partial charge in [-0.15, -0.1) is 0 Å². The average molecular weight is 166 g/mol. The molecule has 66 valence electrons. The number of rotatable bonds is 2. The molecule has 2 aliphatic rings. The van der Waals surface area contributed by atoms with Crippen molar-refractivity contribution in [3.63, 3.8) is 0 Å². The van der Waals surface area contributed by atoms with Crippen LogP contribution in [0.1, 0.15) is 33.1 Å². The van der Waals surface area contributed by atoms with Crippen LogP contribution in [0.4, 0.5) is 4.39 Å². The van der Waals surface area contributed by atoms with E-state index in [1.54, 1.807) is 0 Å². The van der Waals surface area contributed by atoms with E-state index in [-0.39, 0.29) is 5.83 Å². The van der Waals surface area contributed by atoms with Crippen molar-refractivity contribution in [3.8, 4) is 0 Å². The lowest BCUT2D eigenvalue weighted by Crippen LogP contribution is -1.98. The van der Waals surface area contributed by atoms with Gasteiger partial charge in [0.2, 0.25) is 0 Å². The summed E-state index contributed by atoms with van der Waals surface area (Å²) in [6.07, 6.45) is 5.29. The fourth-order valence-corrected chi connectivity index (χ4v) is 2.11. The topological polar surface area (TPSA) is 0 Å². The van der Waals surface area contributed by atoms with Crippen LogP contribution in [0.25, 0.3) is 0 Å². The van der Waals surface area contributed by atoms with Crippen LogP contribution in [0.15, 0.2) is 23.0 Å². The number of hydrogen-bond acceptors (Lipinski definition) is 0. The first-order valence-electron chi connectivity index (χ1n) is 4.81. The van der Waals surface area contributed by atoms with Crippen molar-refractivity contribution in [1.29, 1.82) is 0 Å². The van der Waals surface area contributed by atoms with Gasteiger partial charge < -0.3 is 0 Å². The highest BCUT2D eigenvalue weighted by Gasteiger charge is 2.41. The minimum absolute atomic E-state index is 0.0931. The van der Waals surface area contributed by atoms with Gasteiger partial charge in [0.05, 0.1) is 0 Å². The first-order valence-corrected chi connectivity index (χ1v) is 4.81. The Hall–Kier alpha value is -0.590. The summed E-state index contributed by atoms with van der Waals surface area (Å²) in [6, 6.07) is 0. The van der Waals surface area contributed by atoms with Crippen LogP contribution >= 0.6 is 0 Å². The maximum absolute atomic E-state index is 13.5. The molecule has 1 fully saturated rings. The summed E-state index contributed by atoms with van der Waals surface area (Å²) >= 11 is 0. The zero-order valence-electron chi connectivity index (χ0n) is 7.73. The SMILES string of the molecule is CCCC1=CC2CC2C(C)=C1F. The Balaban J connectivity index is 2.23. The molecule has 0 heterocycles. The standard InChI is InChI=1S/C11H15F/c1-3-4-8-5-9-6-10(9)7(2)11(8)12/h5,9-10H,3-4,6H2,1-2H3. The Bertz CT molecular complexity index is 260. The molecule has 0 N–H and O–H groups in total. The van der Waals surface area contributed by atoms with Crippen LogP contribution in [0.3, 0.4) is 0 Å². The molecule has 0 spiro atoms. The zero-order chi connectivity index (χ0) is 8.72. The fourth-order valence-electron chi connectivity index (χ4n) is 2.11. The lowest BCUT2D eigenvalue weighted by atomic mass is 9.96. The number of allylic oxidation sites excluding steroid dienone is 4. The molecule has 0 nitrogen and oxygen atoms in total. The summed E-state index contributed by atoms with van der Waals surface area (Å²) < 4.78 is 13.5. The largest absolute Gasteiger partial charge is 0.207 e. The second-order valence-corrected chi connectivity index (χ2v) is 3.94. The van der Waals surface area contributed by atoms with Crippen molar-refractivity contribution < 1.29 is 4.39 Å². The van der Waals surface area contributed by atoms with Gasteiger partial charge >= 0.3 is 0 Å². The Labute approximate surface area is 73.2 Å². The Morgan fingerprint density at radius 1 is 1.58 bits per heavy atom. The van der Waals surface area contributed by atoms with E-state index >= 15 is 0 Å². The first-order chi connectivity index (χ1) is 5.74. The minimum Gasteiger partial charge on any atom is -0.207 e. The van der Waals surface area contributed by atoms with E-state index in [1.807, 2.05) is 6.92 Å². The van der Waals surface area contributed by atoms with Gasteiger partial charge in [0.15, 0.2) is 0 Å². The summed E-state index contributed by atoms with van der Waals surface area (Å²) in [7, 11) is 0. The average Bonchev–Trinajstić information content (AvgIpc) is 2.79. The van der Waals surface area contributed by atoms with Gasteiger partial charge in [0.25, 0.3) is 0 Å². The van der Waals surface area contributed by atoms with Crippen LogP contribution in [-0.4, -0.2) is 0 Å². The van der Waals surface area contributed by atoms with Crippen LogP contribution in [0.5, 0.6) is 0 Å². The van der Waals surface area contributed by atoms with E-state index in [0.29, 0.717) is 11.8 Å². The van der Waals surface area contributed by atoms with Gasteiger partial charge in [0, 0.05) is 0 Å². The van der Waals surface area contributed by atoms with Crippen LogP contribution in [0, 0.1) is 11.8 Å². The van der Waals surface area contributed by atoms with E-state index in [2.05, 4.69) is 13.0 Å². The molecule has 2 atom stereocenters. The smallest absolute Gasteiger partial charge is 0.125 e. The molecule has 1 heteroatoms. The van der Waals surface area contributed by atoms with Crippen molar-refractivity contribution >= 4 is 0 Å². The molecule has 2 aliphatic carbocycles. The van der Waals surface area contributed by atoms with E-state index in [9.17, 15) is 4.39 Å². The molecule has 12 heavy (non-hydrogen) atoms. The summed E-state index contributed by atoms with van der Waals surface area (Å²) in [5, 5.41) is 0. The third-order valence-electron chi connectivity index (χ3n) is 2.96. The van der Waals surface area contributed by atoms with E-state index in [4.69, 9.17) is 0 Å². The minimum atomic E-state index is 0.0931. The van der Waals surface area contributed by atoms with Crippen molar-refractivity contribution in [2.45, 2.75) is 33.1 Å². The van der Waals surface area contributed by atoms with E-state index in [1.165, 1.54) is 6.42 Å². The predicted molar refractivity (Wildman–Crippen MR) is 48.4 cm³/mol. The molecule has 0 aromatic carbocycles. The van der Waals surface area contributed by atoms with E-state index in [0.717, 1.165) is 24.0 Å². The van der Waals surface area contributed by atoms with Gasteiger partial charge in [-0.05, 0) is 42.7 Å². The van der Waals surface area contributed by atoms with Gasteiger partial charge in [0.1, 0.15) is 5.83 Å². The second kappa shape index (κ2) is 2.72. The third kappa shape index (κ3) is 1.12. The highest BCUT2D eigenvalue weighted by atomic mass is 19.1. The molecule has 1 saturated carbocycles. The van der Waals surface area contributed by atoms with Crippen LogP contribution in [-0.2, 0) is 0 Å². The van der Waals surface area contributed by atoms with Crippen molar-refractivity contribution in [2.24, 2.45) is 11.8 Å². The first kappa shape index (κ1) is 8.03. The number of fused-ring (bicyclic) bond motifs is 1. The summed E-state index contributed by atoms with van der Waals surface area (Å²) in [4.78, 5) is 0. The van der Waals surface area contributed by atoms with Crippen molar-refractivity contribution in [1.82, 2.24) is 0 Å². The monoisotopic (exact) mass is 166 g/mol. The molecule has 0 aliphatic heterocycles. The normalized spacial score (nSPS) is 33.1. The van der Waals surface area contributed by atoms with Crippen molar-refractivity contribution in [2.75, 3.05) is 0 Å². The molecule has 0 aromatic heterocycles.